The van der Waals surface area contributed by atoms with Gasteiger partial charge in [0.25, 0.3) is 0 Å². The molecule has 0 amide bonds. The Labute approximate surface area is 96.8 Å². The summed E-state index contributed by atoms with van der Waals surface area (Å²) in [4.78, 5) is 0. The zero-order valence-corrected chi connectivity index (χ0v) is 8.99. The lowest BCUT2D eigenvalue weighted by atomic mass is 10.1. The molecule has 0 aliphatic rings. The maximum Gasteiger partial charge on any atom is 0.436 e. The van der Waals surface area contributed by atoms with Crippen LogP contribution in [0.15, 0.2) is 18.2 Å². The molecular formula is C8H4F6O3S. The van der Waals surface area contributed by atoms with Crippen molar-refractivity contribution in [2.75, 3.05) is 0 Å². The first kappa shape index (κ1) is 14.8. The van der Waals surface area contributed by atoms with Gasteiger partial charge in [-0.1, -0.05) is 6.07 Å². The third-order valence-electron chi connectivity index (χ3n) is 1.97. The van der Waals surface area contributed by atoms with Gasteiger partial charge in [-0.25, -0.2) is 8.78 Å². The predicted octanol–water partition coefficient (Wildman–Crippen LogP) is 2.54. The number of alkyl halides is 4. The molecule has 0 fully saturated rings. The maximum absolute atomic E-state index is 13.2. The van der Waals surface area contributed by atoms with Gasteiger partial charge in [-0.15, -0.1) is 0 Å². The van der Waals surface area contributed by atoms with Gasteiger partial charge in [0.15, 0.2) is 0 Å². The first-order valence-electron chi connectivity index (χ1n) is 4.10. The van der Waals surface area contributed by atoms with Crippen LogP contribution in [0.3, 0.4) is 0 Å². The van der Waals surface area contributed by atoms with Crippen LogP contribution in [-0.2, 0) is 16.0 Å². The highest BCUT2D eigenvalue weighted by atomic mass is 32.2. The zero-order chi connectivity index (χ0) is 14.4. The number of benzene rings is 1. The van der Waals surface area contributed by atoms with Crippen molar-refractivity contribution >= 4 is 10.1 Å². The molecule has 0 saturated heterocycles. The second-order valence-electron chi connectivity index (χ2n) is 3.16. The van der Waals surface area contributed by atoms with E-state index in [4.69, 9.17) is 4.55 Å². The van der Waals surface area contributed by atoms with E-state index in [9.17, 15) is 34.8 Å². The van der Waals surface area contributed by atoms with Crippen molar-refractivity contribution in [3.8, 4) is 0 Å². The number of halogens is 6. The lowest BCUT2D eigenvalue weighted by molar-refractivity contribution is -0.170. The smallest absolute Gasteiger partial charge is 0.281 e. The molecule has 0 aliphatic carbocycles. The Balaban J connectivity index is 3.57. The van der Waals surface area contributed by atoms with E-state index >= 15 is 0 Å². The van der Waals surface area contributed by atoms with Gasteiger partial charge in [-0.3, -0.25) is 4.55 Å². The van der Waals surface area contributed by atoms with Crippen LogP contribution in [0.1, 0.15) is 5.56 Å². The SMILES string of the molecule is O=S(=O)(O)C(F)(F)C(F)(F)c1c(F)cccc1F. The van der Waals surface area contributed by atoms with Crippen molar-refractivity contribution in [2.45, 2.75) is 11.2 Å². The van der Waals surface area contributed by atoms with Gasteiger partial charge in [0, 0.05) is 0 Å². The van der Waals surface area contributed by atoms with E-state index in [1.54, 1.807) is 0 Å². The van der Waals surface area contributed by atoms with Crippen molar-refractivity contribution < 1.29 is 39.3 Å². The van der Waals surface area contributed by atoms with E-state index in [0.717, 1.165) is 0 Å². The molecule has 0 aromatic heterocycles. The summed E-state index contributed by atoms with van der Waals surface area (Å²) in [6.07, 6.45) is 0. The molecule has 18 heavy (non-hydrogen) atoms. The third-order valence-corrected chi connectivity index (χ3v) is 2.87. The van der Waals surface area contributed by atoms with Gasteiger partial charge in [0.2, 0.25) is 0 Å². The minimum Gasteiger partial charge on any atom is -0.281 e. The summed E-state index contributed by atoms with van der Waals surface area (Å²) in [7, 11) is -6.56. The summed E-state index contributed by atoms with van der Waals surface area (Å²) in [6, 6.07) is 1.11. The minimum atomic E-state index is -6.56. The number of hydrogen-bond acceptors (Lipinski definition) is 2. The van der Waals surface area contributed by atoms with E-state index < -0.39 is 38.5 Å². The maximum atomic E-state index is 13.2. The minimum absolute atomic E-state index is 0.242. The van der Waals surface area contributed by atoms with Crippen molar-refractivity contribution in [1.82, 2.24) is 0 Å². The molecule has 0 aliphatic heterocycles. The molecular weight excluding hydrogens is 290 g/mol. The van der Waals surface area contributed by atoms with Crippen LogP contribution < -0.4 is 0 Å². The van der Waals surface area contributed by atoms with E-state index in [1.165, 1.54) is 0 Å². The van der Waals surface area contributed by atoms with Crippen LogP contribution in [0, 0.1) is 11.6 Å². The summed E-state index contributed by atoms with van der Waals surface area (Å²) in [5.74, 6) is -9.90. The summed E-state index contributed by atoms with van der Waals surface area (Å²) < 4.78 is 106. The molecule has 1 rings (SSSR count). The Hall–Kier alpha value is -1.29. The Morgan fingerprint density at radius 3 is 1.72 bits per heavy atom. The molecule has 0 radical (unpaired) electrons. The fourth-order valence-corrected chi connectivity index (χ4v) is 1.53. The van der Waals surface area contributed by atoms with Gasteiger partial charge in [0.1, 0.15) is 11.6 Å². The molecule has 0 heterocycles. The zero-order valence-electron chi connectivity index (χ0n) is 8.17. The second kappa shape index (κ2) is 4.12. The molecule has 0 unspecified atom stereocenters. The highest BCUT2D eigenvalue weighted by Crippen LogP contribution is 2.47. The Morgan fingerprint density at radius 2 is 1.39 bits per heavy atom. The van der Waals surface area contributed by atoms with E-state index in [0.29, 0.717) is 6.07 Å². The average Bonchev–Trinajstić information content (AvgIpc) is 2.14. The highest BCUT2D eigenvalue weighted by Gasteiger charge is 2.68. The van der Waals surface area contributed by atoms with Crippen molar-refractivity contribution in [1.29, 1.82) is 0 Å². The Kier molecular flexibility index (Phi) is 3.38. The topological polar surface area (TPSA) is 54.4 Å². The predicted molar refractivity (Wildman–Crippen MR) is 46.7 cm³/mol. The summed E-state index contributed by atoms with van der Waals surface area (Å²) >= 11 is 0. The van der Waals surface area contributed by atoms with Crippen LogP contribution >= 0.6 is 0 Å². The summed E-state index contributed by atoms with van der Waals surface area (Å²) in [6.45, 7) is 0. The molecule has 10 heteroatoms. The standard InChI is InChI=1S/C8H4F6O3S/c9-4-2-1-3-5(10)6(4)7(11,12)8(13,14)18(15,16)17/h1-3H,(H,15,16,17). The van der Waals surface area contributed by atoms with Crippen LogP contribution in [0.4, 0.5) is 26.3 Å². The van der Waals surface area contributed by atoms with Gasteiger partial charge < -0.3 is 0 Å². The van der Waals surface area contributed by atoms with Gasteiger partial charge in [0.05, 0.1) is 5.56 Å². The summed E-state index contributed by atoms with van der Waals surface area (Å²) in [5.41, 5.74) is -2.44. The molecule has 0 saturated carbocycles. The molecule has 0 bridgehead atoms. The molecule has 3 nitrogen and oxygen atoms in total. The second-order valence-corrected chi connectivity index (χ2v) is 4.63. The number of rotatable bonds is 3. The van der Waals surface area contributed by atoms with Crippen LogP contribution in [0.5, 0.6) is 0 Å². The van der Waals surface area contributed by atoms with Gasteiger partial charge >= 0.3 is 21.3 Å². The lowest BCUT2D eigenvalue weighted by Gasteiger charge is -2.24. The highest BCUT2D eigenvalue weighted by molar-refractivity contribution is 7.86. The van der Waals surface area contributed by atoms with Gasteiger partial charge in [-0.2, -0.15) is 26.0 Å². The Bertz CT molecular complexity index is 548. The molecule has 102 valence electrons. The average molecular weight is 294 g/mol. The quantitative estimate of drug-likeness (QED) is 0.688. The van der Waals surface area contributed by atoms with Gasteiger partial charge in [-0.05, 0) is 12.1 Å². The van der Waals surface area contributed by atoms with Crippen molar-refractivity contribution in [3.05, 3.63) is 35.4 Å². The molecule has 0 atom stereocenters. The monoisotopic (exact) mass is 294 g/mol. The first-order valence-corrected chi connectivity index (χ1v) is 5.54. The molecule has 1 N–H and O–H groups in total. The van der Waals surface area contributed by atoms with Crippen LogP contribution in [0.2, 0.25) is 0 Å². The lowest BCUT2D eigenvalue weighted by Crippen LogP contribution is -2.45. The largest absolute Gasteiger partial charge is 0.436 e. The van der Waals surface area contributed by atoms with E-state index in [-0.39, 0.29) is 12.1 Å². The third kappa shape index (κ3) is 2.05. The number of hydrogen-bond donors (Lipinski definition) is 1. The van der Waals surface area contributed by atoms with Crippen molar-refractivity contribution in [2.24, 2.45) is 0 Å². The fourth-order valence-electron chi connectivity index (χ4n) is 1.11. The van der Waals surface area contributed by atoms with Crippen LogP contribution in [0.25, 0.3) is 0 Å². The fraction of sp³-hybridized carbons (Fsp3) is 0.250. The van der Waals surface area contributed by atoms with E-state index in [1.807, 2.05) is 0 Å². The van der Waals surface area contributed by atoms with Crippen molar-refractivity contribution in [3.63, 3.8) is 0 Å². The summed E-state index contributed by atoms with van der Waals surface area (Å²) in [5, 5.41) is -6.07. The molecule has 1 aromatic rings. The normalized spacial score (nSPS) is 13.7. The first-order chi connectivity index (χ1) is 7.93. The van der Waals surface area contributed by atoms with E-state index in [2.05, 4.69) is 0 Å². The molecule has 1 aromatic carbocycles. The Morgan fingerprint density at radius 1 is 1.00 bits per heavy atom. The van der Waals surface area contributed by atoms with Crippen LogP contribution in [-0.4, -0.2) is 18.2 Å². The molecule has 0 spiro atoms.